The van der Waals surface area contributed by atoms with Crippen molar-refractivity contribution in [3.8, 4) is 0 Å². The van der Waals surface area contributed by atoms with Crippen molar-refractivity contribution in [3.05, 3.63) is 53.4 Å². The molecule has 0 aliphatic carbocycles. The minimum Gasteiger partial charge on any atom is -0.475 e. The van der Waals surface area contributed by atoms with Crippen molar-refractivity contribution in [3.63, 3.8) is 0 Å². The van der Waals surface area contributed by atoms with Crippen molar-refractivity contribution < 1.29 is 18.9 Å². The molecular weight excluding hydrogens is 280 g/mol. The lowest BCUT2D eigenvalue weighted by Crippen LogP contribution is -2.39. The molecule has 0 saturated carbocycles. The smallest absolute Gasteiger partial charge is 0.376 e. The van der Waals surface area contributed by atoms with Crippen LogP contribution in [0.5, 0.6) is 0 Å². The number of rotatable bonds is 3. The summed E-state index contributed by atoms with van der Waals surface area (Å²) in [6.07, 6.45) is 1.56. The Bertz CT molecular complexity index is 881. The first-order chi connectivity index (χ1) is 10.5. The quantitative estimate of drug-likeness (QED) is 0.728. The molecule has 5 nitrogen and oxygen atoms in total. The normalized spacial score (nSPS) is 10.9. The highest BCUT2D eigenvalue weighted by Crippen LogP contribution is 2.27. The van der Waals surface area contributed by atoms with E-state index in [1.807, 2.05) is 38.1 Å². The van der Waals surface area contributed by atoms with Crippen LogP contribution >= 0.6 is 0 Å². The number of hydrogen-bond donors (Lipinski definition) is 2. The molecule has 0 aliphatic heterocycles. The van der Waals surface area contributed by atoms with Crippen LogP contribution in [0.4, 0.5) is 11.5 Å². The molecule has 0 atom stereocenters. The minimum atomic E-state index is -0.996. The molecule has 0 fully saturated rings. The van der Waals surface area contributed by atoms with Crippen LogP contribution in [0.15, 0.2) is 41.0 Å². The molecule has 0 aliphatic rings. The molecule has 0 amide bonds. The first kappa shape index (κ1) is 14.1. The van der Waals surface area contributed by atoms with Gasteiger partial charge in [0.1, 0.15) is 16.7 Å². The van der Waals surface area contributed by atoms with E-state index in [1.165, 1.54) is 6.07 Å². The van der Waals surface area contributed by atoms with E-state index in [1.54, 1.807) is 17.9 Å². The largest absolute Gasteiger partial charge is 0.475 e. The summed E-state index contributed by atoms with van der Waals surface area (Å²) in [6.45, 7) is 4.03. The second kappa shape index (κ2) is 5.18. The fourth-order valence-corrected chi connectivity index (χ4v) is 2.50. The summed E-state index contributed by atoms with van der Waals surface area (Å²) in [5, 5.41) is 13.5. The van der Waals surface area contributed by atoms with Crippen molar-refractivity contribution in [2.75, 3.05) is 5.32 Å². The third-order valence-electron chi connectivity index (χ3n) is 3.78. The van der Waals surface area contributed by atoms with Crippen LogP contribution in [-0.4, -0.2) is 11.1 Å². The Hall–Kier alpha value is -2.82. The van der Waals surface area contributed by atoms with Gasteiger partial charge in [-0.15, -0.1) is 0 Å². The van der Waals surface area contributed by atoms with Crippen molar-refractivity contribution in [2.45, 2.75) is 13.8 Å². The van der Waals surface area contributed by atoms with E-state index >= 15 is 0 Å². The standard InChI is InChI=1S/C17H16N2O3/c1-10-4-5-11(2)13(8-10)18-16-12-6-7-22-15(12)9-14(17(20)21)19(16)3/h4-9H,1-3H3,(H,20,21)/p+1. The van der Waals surface area contributed by atoms with Gasteiger partial charge in [0.2, 0.25) is 5.69 Å². The Labute approximate surface area is 127 Å². The average Bonchev–Trinajstić information content (AvgIpc) is 2.93. The molecular formula is C17H17N2O3+. The van der Waals surface area contributed by atoms with Gasteiger partial charge in [-0.05, 0) is 37.1 Å². The maximum atomic E-state index is 11.4. The lowest BCUT2D eigenvalue weighted by atomic mass is 10.1. The Morgan fingerprint density at radius 3 is 2.73 bits per heavy atom. The number of benzene rings is 1. The highest BCUT2D eigenvalue weighted by Gasteiger charge is 2.23. The molecule has 1 aromatic carbocycles. The molecule has 0 bridgehead atoms. The van der Waals surface area contributed by atoms with Gasteiger partial charge >= 0.3 is 5.97 Å². The van der Waals surface area contributed by atoms with E-state index in [2.05, 4.69) is 5.32 Å². The summed E-state index contributed by atoms with van der Waals surface area (Å²) in [6, 6.07) is 9.47. The second-order valence-corrected chi connectivity index (χ2v) is 5.38. The predicted molar refractivity (Wildman–Crippen MR) is 83.5 cm³/mol. The molecule has 2 aromatic heterocycles. The number of hydrogen-bond acceptors (Lipinski definition) is 3. The summed E-state index contributed by atoms with van der Waals surface area (Å²) >= 11 is 0. The van der Waals surface area contributed by atoms with Crippen LogP contribution in [0.3, 0.4) is 0 Å². The Morgan fingerprint density at radius 2 is 2.00 bits per heavy atom. The molecule has 0 radical (unpaired) electrons. The Kier molecular flexibility index (Phi) is 3.33. The molecule has 3 aromatic rings. The number of carboxylic acids is 1. The zero-order valence-electron chi connectivity index (χ0n) is 12.7. The first-order valence-corrected chi connectivity index (χ1v) is 6.95. The van der Waals surface area contributed by atoms with Gasteiger partial charge < -0.3 is 9.52 Å². The van der Waals surface area contributed by atoms with E-state index in [4.69, 9.17) is 4.42 Å². The van der Waals surface area contributed by atoms with Crippen LogP contribution in [0.2, 0.25) is 0 Å². The number of aryl methyl sites for hydroxylation is 2. The predicted octanol–water partition coefficient (Wildman–Crippen LogP) is 3.32. The summed E-state index contributed by atoms with van der Waals surface area (Å²) in [4.78, 5) is 11.4. The van der Waals surface area contributed by atoms with Crippen LogP contribution in [0, 0.1) is 13.8 Å². The molecule has 0 spiro atoms. The number of aromatic carboxylic acids is 1. The van der Waals surface area contributed by atoms with Crippen molar-refractivity contribution in [2.24, 2.45) is 7.05 Å². The van der Waals surface area contributed by atoms with Crippen LogP contribution in [0.25, 0.3) is 11.0 Å². The van der Waals surface area contributed by atoms with Gasteiger partial charge in [-0.3, -0.25) is 0 Å². The van der Waals surface area contributed by atoms with Crippen molar-refractivity contribution in [1.82, 2.24) is 0 Å². The van der Waals surface area contributed by atoms with E-state index < -0.39 is 5.97 Å². The van der Waals surface area contributed by atoms with Gasteiger partial charge in [-0.25, -0.2) is 14.7 Å². The van der Waals surface area contributed by atoms with Gasteiger partial charge in [0.05, 0.1) is 13.3 Å². The molecule has 112 valence electrons. The van der Waals surface area contributed by atoms with Gasteiger partial charge in [-0.2, -0.15) is 0 Å². The molecule has 22 heavy (non-hydrogen) atoms. The number of nitrogens with one attached hydrogen (secondary N) is 1. The number of nitrogens with zero attached hydrogens (tertiary/aromatic N) is 1. The lowest BCUT2D eigenvalue weighted by molar-refractivity contribution is -0.658. The monoisotopic (exact) mass is 297 g/mol. The van der Waals surface area contributed by atoms with Crippen LogP contribution in [-0.2, 0) is 7.05 Å². The lowest BCUT2D eigenvalue weighted by Gasteiger charge is -2.09. The van der Waals surface area contributed by atoms with Crippen LogP contribution in [0.1, 0.15) is 21.6 Å². The second-order valence-electron chi connectivity index (χ2n) is 5.38. The number of carboxylic acid groups (broad SMARTS) is 1. The topological polar surface area (TPSA) is 66.3 Å². The third-order valence-corrected chi connectivity index (χ3v) is 3.78. The van der Waals surface area contributed by atoms with Crippen molar-refractivity contribution >= 4 is 28.4 Å². The number of anilines is 2. The van der Waals surface area contributed by atoms with E-state index in [0.29, 0.717) is 11.4 Å². The Morgan fingerprint density at radius 1 is 1.23 bits per heavy atom. The summed E-state index contributed by atoms with van der Waals surface area (Å²) in [5.41, 5.74) is 3.87. The van der Waals surface area contributed by atoms with Gasteiger partial charge in [0.15, 0.2) is 0 Å². The van der Waals surface area contributed by atoms with E-state index in [-0.39, 0.29) is 5.69 Å². The minimum absolute atomic E-state index is 0.162. The summed E-state index contributed by atoms with van der Waals surface area (Å²) in [7, 11) is 1.73. The molecule has 2 N–H and O–H groups in total. The zero-order chi connectivity index (χ0) is 15.9. The van der Waals surface area contributed by atoms with Gasteiger partial charge in [-0.1, -0.05) is 12.1 Å². The van der Waals surface area contributed by atoms with Crippen LogP contribution < -0.4 is 9.88 Å². The number of fused-ring (bicyclic) bond motifs is 1. The fraction of sp³-hybridized carbons (Fsp3) is 0.176. The highest BCUT2D eigenvalue weighted by atomic mass is 16.4. The zero-order valence-corrected chi connectivity index (χ0v) is 12.7. The molecule has 2 heterocycles. The maximum absolute atomic E-state index is 11.4. The van der Waals surface area contributed by atoms with Gasteiger partial charge in [0, 0.05) is 6.07 Å². The molecule has 5 heteroatoms. The molecule has 0 unspecified atom stereocenters. The number of furan rings is 1. The number of aromatic nitrogens is 1. The highest BCUT2D eigenvalue weighted by molar-refractivity contribution is 5.93. The Balaban J connectivity index is 2.21. The number of pyridine rings is 1. The summed E-state index contributed by atoms with van der Waals surface area (Å²) < 4.78 is 7.01. The SMILES string of the molecule is Cc1ccc(C)c(Nc2c3ccoc3cc(C(=O)O)[n+]2C)c1. The first-order valence-electron chi connectivity index (χ1n) is 6.95. The number of carbonyl (C=O) groups is 1. The summed E-state index contributed by atoms with van der Waals surface area (Å²) in [5.74, 6) is -0.304. The fourth-order valence-electron chi connectivity index (χ4n) is 2.50. The molecule has 3 rings (SSSR count). The maximum Gasteiger partial charge on any atom is 0.376 e. The van der Waals surface area contributed by atoms with Crippen molar-refractivity contribution in [1.29, 1.82) is 0 Å². The molecule has 0 saturated heterocycles. The van der Waals surface area contributed by atoms with E-state index in [9.17, 15) is 9.90 Å². The van der Waals surface area contributed by atoms with Gasteiger partial charge in [0.25, 0.3) is 5.82 Å². The van der Waals surface area contributed by atoms with E-state index in [0.717, 1.165) is 22.2 Å². The average molecular weight is 297 g/mol. The third kappa shape index (κ3) is 2.30.